The Labute approximate surface area is 121 Å². The number of carbonyl (C=O) groups excluding carboxylic acids is 2. The molecule has 1 N–H and O–H groups in total. The third kappa shape index (κ3) is 5.96. The minimum atomic E-state index is -0.524. The molecule has 7 nitrogen and oxygen atoms in total. The van der Waals surface area contributed by atoms with Crippen LogP contribution in [-0.2, 0) is 15.9 Å². The van der Waals surface area contributed by atoms with Gasteiger partial charge in [0, 0.05) is 13.0 Å². The molecule has 0 spiro atoms. The zero-order valence-corrected chi connectivity index (χ0v) is 12.9. The number of hydrogen-bond donors (Lipinski definition) is 1. The second-order valence-electron chi connectivity index (χ2n) is 4.90. The normalized spacial score (nSPS) is 11.0. The lowest BCUT2D eigenvalue weighted by atomic mass is 10.2. The summed E-state index contributed by atoms with van der Waals surface area (Å²) < 4.78 is 9.91. The number of rotatable bonds is 5. The van der Waals surface area contributed by atoms with Gasteiger partial charge in [0.25, 0.3) is 0 Å². The lowest BCUT2D eigenvalue weighted by Gasteiger charge is -2.19. The van der Waals surface area contributed by atoms with Crippen LogP contribution in [0.4, 0.5) is 4.79 Å². The molecule has 112 valence electrons. The van der Waals surface area contributed by atoms with Gasteiger partial charge in [-0.1, -0.05) is 11.3 Å². The average molecular weight is 301 g/mol. The Kier molecular flexibility index (Phi) is 5.87. The Morgan fingerprint density at radius 2 is 2.00 bits per heavy atom. The third-order valence-electron chi connectivity index (χ3n) is 1.92. The van der Waals surface area contributed by atoms with Crippen molar-refractivity contribution < 1.29 is 19.1 Å². The Morgan fingerprint density at radius 3 is 2.60 bits per heavy atom. The fraction of sp³-hybridized carbons (Fsp3) is 0.667. The van der Waals surface area contributed by atoms with E-state index in [1.807, 2.05) is 0 Å². The average Bonchev–Trinajstić information content (AvgIpc) is 2.75. The van der Waals surface area contributed by atoms with Crippen molar-refractivity contribution >= 4 is 23.4 Å². The van der Waals surface area contributed by atoms with E-state index >= 15 is 0 Å². The molecule has 0 atom stereocenters. The molecule has 1 heterocycles. The highest BCUT2D eigenvalue weighted by atomic mass is 32.1. The van der Waals surface area contributed by atoms with E-state index in [9.17, 15) is 9.59 Å². The van der Waals surface area contributed by atoms with E-state index in [1.54, 1.807) is 27.7 Å². The molecular formula is C12H19N3O4S. The summed E-state index contributed by atoms with van der Waals surface area (Å²) in [4.78, 5) is 22.8. The zero-order valence-electron chi connectivity index (χ0n) is 12.1. The molecule has 0 aliphatic heterocycles. The van der Waals surface area contributed by atoms with E-state index in [4.69, 9.17) is 9.47 Å². The van der Waals surface area contributed by atoms with Crippen LogP contribution in [0, 0.1) is 0 Å². The van der Waals surface area contributed by atoms with Gasteiger partial charge in [0.2, 0.25) is 5.01 Å². The van der Waals surface area contributed by atoms with Crippen molar-refractivity contribution in [2.24, 2.45) is 0 Å². The van der Waals surface area contributed by atoms with Crippen LogP contribution in [0.1, 0.15) is 42.5 Å². The molecular weight excluding hydrogens is 282 g/mol. The molecule has 0 aliphatic rings. The van der Waals surface area contributed by atoms with Crippen molar-refractivity contribution in [1.29, 1.82) is 0 Å². The monoisotopic (exact) mass is 301 g/mol. The summed E-state index contributed by atoms with van der Waals surface area (Å²) in [7, 11) is 0. The predicted octanol–water partition coefficient (Wildman–Crippen LogP) is 1.78. The van der Waals surface area contributed by atoms with E-state index in [0.717, 1.165) is 11.3 Å². The molecule has 8 heteroatoms. The highest BCUT2D eigenvalue weighted by Crippen LogP contribution is 2.11. The number of ether oxygens (including phenoxy) is 2. The molecule has 0 unspecified atom stereocenters. The minimum Gasteiger partial charge on any atom is -0.461 e. The molecule has 0 aliphatic carbocycles. The summed E-state index contributed by atoms with van der Waals surface area (Å²) >= 11 is 1.16. The smallest absolute Gasteiger partial charge is 0.407 e. The first kappa shape index (κ1) is 16.4. The van der Waals surface area contributed by atoms with Crippen LogP contribution in [0.5, 0.6) is 0 Å². The van der Waals surface area contributed by atoms with Crippen molar-refractivity contribution in [1.82, 2.24) is 15.5 Å². The van der Waals surface area contributed by atoms with Gasteiger partial charge in [-0.05, 0) is 27.7 Å². The van der Waals surface area contributed by atoms with Crippen LogP contribution in [0.25, 0.3) is 0 Å². The molecule has 0 saturated heterocycles. The van der Waals surface area contributed by atoms with Crippen LogP contribution in [0.2, 0.25) is 0 Å². The molecule has 1 aromatic rings. The van der Waals surface area contributed by atoms with E-state index < -0.39 is 17.7 Å². The number of amides is 1. The molecule has 0 bridgehead atoms. The second-order valence-corrected chi connectivity index (χ2v) is 5.96. The third-order valence-corrected chi connectivity index (χ3v) is 2.89. The first-order chi connectivity index (χ1) is 9.31. The van der Waals surface area contributed by atoms with Crippen LogP contribution >= 0.6 is 11.3 Å². The summed E-state index contributed by atoms with van der Waals surface area (Å²) in [5.41, 5.74) is -0.524. The Hall–Kier alpha value is -1.70. The van der Waals surface area contributed by atoms with Gasteiger partial charge in [0.1, 0.15) is 10.6 Å². The van der Waals surface area contributed by atoms with E-state index in [-0.39, 0.29) is 5.01 Å². The molecule has 0 saturated carbocycles. The maximum absolute atomic E-state index is 11.4. The summed E-state index contributed by atoms with van der Waals surface area (Å²) in [5, 5.41) is 11.1. The van der Waals surface area contributed by atoms with Crippen LogP contribution in [-0.4, -0.2) is 41.0 Å². The van der Waals surface area contributed by atoms with Gasteiger partial charge in [-0.25, -0.2) is 9.59 Å². The lowest BCUT2D eigenvalue weighted by molar-refractivity contribution is 0.0516. The lowest BCUT2D eigenvalue weighted by Crippen LogP contribution is -2.33. The Morgan fingerprint density at radius 1 is 1.30 bits per heavy atom. The topological polar surface area (TPSA) is 90.4 Å². The van der Waals surface area contributed by atoms with Crippen LogP contribution < -0.4 is 5.32 Å². The number of nitrogens with zero attached hydrogens (tertiary/aromatic N) is 2. The second kappa shape index (κ2) is 7.18. The first-order valence-corrected chi connectivity index (χ1v) is 7.10. The summed E-state index contributed by atoms with van der Waals surface area (Å²) in [6.07, 6.45) is 0.00341. The maximum atomic E-state index is 11.4. The molecule has 0 aromatic carbocycles. The maximum Gasteiger partial charge on any atom is 0.407 e. The molecule has 1 rings (SSSR count). The molecule has 20 heavy (non-hydrogen) atoms. The van der Waals surface area contributed by atoms with Crippen LogP contribution in [0.15, 0.2) is 0 Å². The quantitative estimate of drug-likeness (QED) is 0.834. The zero-order chi connectivity index (χ0) is 15.2. The minimum absolute atomic E-state index is 0.221. The van der Waals surface area contributed by atoms with Crippen molar-refractivity contribution in [3.8, 4) is 0 Å². The SMILES string of the molecule is CCOC(=O)c1nnc(CCNC(=O)OC(C)(C)C)s1. The molecule has 0 radical (unpaired) electrons. The van der Waals surface area contributed by atoms with Gasteiger partial charge in [-0.3, -0.25) is 0 Å². The highest BCUT2D eigenvalue weighted by Gasteiger charge is 2.16. The largest absolute Gasteiger partial charge is 0.461 e. The van der Waals surface area contributed by atoms with Crippen molar-refractivity contribution in [3.05, 3.63) is 10.0 Å². The van der Waals surface area contributed by atoms with Gasteiger partial charge in [-0.2, -0.15) is 0 Å². The van der Waals surface area contributed by atoms with Gasteiger partial charge in [0.05, 0.1) is 6.61 Å². The van der Waals surface area contributed by atoms with Gasteiger partial charge < -0.3 is 14.8 Å². The highest BCUT2D eigenvalue weighted by molar-refractivity contribution is 7.13. The van der Waals surface area contributed by atoms with E-state index in [0.29, 0.717) is 24.6 Å². The predicted molar refractivity (Wildman–Crippen MR) is 73.8 cm³/mol. The number of hydrogen-bond acceptors (Lipinski definition) is 7. The number of aromatic nitrogens is 2. The Balaban J connectivity index is 2.36. The Bertz CT molecular complexity index is 468. The molecule has 1 aromatic heterocycles. The van der Waals surface area contributed by atoms with Crippen molar-refractivity contribution in [2.45, 2.75) is 39.7 Å². The summed E-state index contributed by atoms with van der Waals surface area (Å²) in [5.74, 6) is -0.476. The number of alkyl carbamates (subject to hydrolysis) is 1. The standard InChI is InChI=1S/C12H19N3O4S/c1-5-18-10(16)9-15-14-8(20-9)6-7-13-11(17)19-12(2,3)4/h5-7H2,1-4H3,(H,13,17). The summed E-state index contributed by atoms with van der Waals surface area (Å²) in [6.45, 7) is 7.78. The van der Waals surface area contributed by atoms with E-state index in [1.165, 1.54) is 0 Å². The number of esters is 1. The van der Waals surface area contributed by atoms with Crippen LogP contribution in [0.3, 0.4) is 0 Å². The molecule has 1 amide bonds. The van der Waals surface area contributed by atoms with Crippen molar-refractivity contribution in [2.75, 3.05) is 13.2 Å². The fourth-order valence-corrected chi connectivity index (χ4v) is 1.95. The van der Waals surface area contributed by atoms with Gasteiger partial charge in [0.15, 0.2) is 0 Å². The first-order valence-electron chi connectivity index (χ1n) is 6.28. The van der Waals surface area contributed by atoms with Crippen molar-refractivity contribution in [3.63, 3.8) is 0 Å². The number of carbonyl (C=O) groups is 2. The number of nitrogens with one attached hydrogen (secondary N) is 1. The van der Waals surface area contributed by atoms with E-state index in [2.05, 4.69) is 15.5 Å². The van der Waals surface area contributed by atoms with Gasteiger partial charge >= 0.3 is 12.1 Å². The summed E-state index contributed by atoms with van der Waals surface area (Å²) in [6, 6.07) is 0. The molecule has 0 fully saturated rings. The fourth-order valence-electron chi connectivity index (χ4n) is 1.22. The van der Waals surface area contributed by atoms with Gasteiger partial charge in [-0.15, -0.1) is 10.2 Å².